The van der Waals surface area contributed by atoms with Gasteiger partial charge in [-0.3, -0.25) is 14.9 Å². The monoisotopic (exact) mass is 279 g/mol. The molecule has 0 aliphatic rings. The molecule has 0 spiro atoms. The van der Waals surface area contributed by atoms with Crippen molar-refractivity contribution >= 4 is 11.6 Å². The lowest BCUT2D eigenvalue weighted by Gasteiger charge is -2.33. The summed E-state index contributed by atoms with van der Waals surface area (Å²) >= 11 is 0. The van der Waals surface area contributed by atoms with Crippen LogP contribution < -0.4 is 11.1 Å². The summed E-state index contributed by atoms with van der Waals surface area (Å²) in [6, 6.07) is 4.57. The van der Waals surface area contributed by atoms with E-state index < -0.39 is 16.4 Å². The first-order valence-electron chi connectivity index (χ1n) is 6.49. The number of carbonyl (C=O) groups is 1. The van der Waals surface area contributed by atoms with Crippen LogP contribution in [-0.2, 0) is 0 Å². The molecule has 1 unspecified atom stereocenters. The minimum atomic E-state index is -0.604. The van der Waals surface area contributed by atoms with Crippen LogP contribution in [0.2, 0.25) is 0 Å². The van der Waals surface area contributed by atoms with Gasteiger partial charge in [0, 0.05) is 12.6 Å². The third-order valence-electron chi connectivity index (χ3n) is 3.77. The minimum Gasteiger partial charge on any atom is -0.345 e. The molecule has 1 rings (SSSR count). The number of nitrogens with two attached hydrogens (primary N) is 1. The molecular weight excluding hydrogens is 258 g/mol. The molecule has 20 heavy (non-hydrogen) atoms. The van der Waals surface area contributed by atoms with Gasteiger partial charge in [0.2, 0.25) is 0 Å². The van der Waals surface area contributed by atoms with Crippen molar-refractivity contribution in [3.63, 3.8) is 0 Å². The second kappa shape index (κ2) is 6.00. The zero-order chi connectivity index (χ0) is 15.5. The third-order valence-corrected chi connectivity index (χ3v) is 3.77. The summed E-state index contributed by atoms with van der Waals surface area (Å²) in [5, 5.41) is 13.9. The van der Waals surface area contributed by atoms with E-state index in [2.05, 4.69) is 5.32 Å². The molecule has 1 amide bonds. The molecule has 1 atom stereocenters. The highest BCUT2D eigenvalue weighted by Crippen LogP contribution is 2.23. The van der Waals surface area contributed by atoms with Gasteiger partial charge in [-0.15, -0.1) is 0 Å². The quantitative estimate of drug-likeness (QED) is 0.636. The number of carbonyl (C=O) groups excluding carboxylic acids is 1. The Balaban J connectivity index is 3.19. The number of benzene rings is 1. The van der Waals surface area contributed by atoms with E-state index in [1.54, 1.807) is 19.1 Å². The highest BCUT2D eigenvalue weighted by Gasteiger charge is 2.31. The van der Waals surface area contributed by atoms with E-state index in [-0.39, 0.29) is 23.7 Å². The number of nitro benzene ring substituents is 1. The summed E-state index contributed by atoms with van der Waals surface area (Å²) in [5.74, 6) is -0.351. The van der Waals surface area contributed by atoms with Crippen LogP contribution in [-0.4, -0.2) is 22.9 Å². The molecule has 0 saturated carbocycles. The molecule has 1 aromatic carbocycles. The molecule has 6 nitrogen and oxygen atoms in total. The fraction of sp³-hybridized carbons (Fsp3) is 0.500. The van der Waals surface area contributed by atoms with Crippen LogP contribution in [0.15, 0.2) is 18.2 Å². The fourth-order valence-electron chi connectivity index (χ4n) is 1.85. The standard InChI is InChI=1S/C14H21N3O3/c1-9(2)14(4,8-15)16-13(18)12-10(3)6-5-7-11(12)17(19)20/h5-7,9H,8,15H2,1-4H3,(H,16,18). The first-order chi connectivity index (χ1) is 9.23. The summed E-state index contributed by atoms with van der Waals surface area (Å²) in [6.45, 7) is 7.66. The predicted molar refractivity (Wildman–Crippen MR) is 77.6 cm³/mol. The van der Waals surface area contributed by atoms with Crippen molar-refractivity contribution in [1.29, 1.82) is 0 Å². The number of nitro groups is 1. The van der Waals surface area contributed by atoms with Gasteiger partial charge in [-0.1, -0.05) is 26.0 Å². The predicted octanol–water partition coefficient (Wildman–Crippen LogP) is 2.01. The van der Waals surface area contributed by atoms with E-state index in [9.17, 15) is 14.9 Å². The van der Waals surface area contributed by atoms with Crippen LogP contribution in [0.25, 0.3) is 0 Å². The molecule has 6 heteroatoms. The molecule has 110 valence electrons. The van der Waals surface area contributed by atoms with Crippen molar-refractivity contribution in [2.24, 2.45) is 11.7 Å². The van der Waals surface area contributed by atoms with E-state index in [0.29, 0.717) is 5.56 Å². The number of hydrogen-bond acceptors (Lipinski definition) is 4. The molecule has 0 radical (unpaired) electrons. The molecule has 0 fully saturated rings. The zero-order valence-electron chi connectivity index (χ0n) is 12.3. The van der Waals surface area contributed by atoms with Crippen molar-refractivity contribution in [3.05, 3.63) is 39.4 Å². The normalized spacial score (nSPS) is 13.9. The first kappa shape index (κ1) is 16.1. The van der Waals surface area contributed by atoms with Gasteiger partial charge >= 0.3 is 0 Å². The minimum absolute atomic E-state index is 0.0952. The SMILES string of the molecule is Cc1cccc([N+](=O)[O-])c1C(=O)NC(C)(CN)C(C)C. The number of hydrogen-bond donors (Lipinski definition) is 2. The van der Waals surface area contributed by atoms with E-state index in [1.165, 1.54) is 6.07 Å². The molecule has 0 heterocycles. The van der Waals surface area contributed by atoms with Gasteiger partial charge < -0.3 is 11.1 Å². The number of aryl methyl sites for hydroxylation is 1. The van der Waals surface area contributed by atoms with Gasteiger partial charge in [-0.05, 0) is 25.3 Å². The van der Waals surface area contributed by atoms with Crippen molar-refractivity contribution in [1.82, 2.24) is 5.32 Å². The summed E-state index contributed by atoms with van der Waals surface area (Å²) in [4.78, 5) is 22.9. The van der Waals surface area contributed by atoms with Gasteiger partial charge in [0.1, 0.15) is 5.56 Å². The second-order valence-electron chi connectivity index (χ2n) is 5.46. The maximum atomic E-state index is 12.4. The number of nitrogens with one attached hydrogen (secondary N) is 1. The Hall–Kier alpha value is -1.95. The largest absolute Gasteiger partial charge is 0.345 e. The van der Waals surface area contributed by atoms with Crippen LogP contribution in [0, 0.1) is 23.0 Å². The van der Waals surface area contributed by atoms with Gasteiger partial charge in [-0.2, -0.15) is 0 Å². The molecule has 0 saturated heterocycles. The average Bonchev–Trinajstić information content (AvgIpc) is 2.37. The van der Waals surface area contributed by atoms with Gasteiger partial charge in [0.15, 0.2) is 0 Å². The van der Waals surface area contributed by atoms with Crippen molar-refractivity contribution in [3.8, 4) is 0 Å². The van der Waals surface area contributed by atoms with E-state index in [4.69, 9.17) is 5.73 Å². The highest BCUT2D eigenvalue weighted by molar-refractivity contribution is 6.00. The molecule has 3 N–H and O–H groups in total. The van der Waals surface area contributed by atoms with Gasteiger partial charge in [-0.25, -0.2) is 0 Å². The summed E-state index contributed by atoms with van der Waals surface area (Å²) in [7, 11) is 0. The number of nitrogens with zero attached hydrogens (tertiary/aromatic N) is 1. The topological polar surface area (TPSA) is 98.3 Å². The Morgan fingerprint density at radius 2 is 2.10 bits per heavy atom. The Morgan fingerprint density at radius 1 is 1.50 bits per heavy atom. The van der Waals surface area contributed by atoms with Crippen molar-refractivity contribution in [2.45, 2.75) is 33.2 Å². The number of amides is 1. The summed E-state index contributed by atoms with van der Waals surface area (Å²) in [6.07, 6.45) is 0. The average molecular weight is 279 g/mol. The molecule has 0 aromatic heterocycles. The van der Waals surface area contributed by atoms with Gasteiger partial charge in [0.25, 0.3) is 11.6 Å². The molecule has 0 aliphatic carbocycles. The summed E-state index contributed by atoms with van der Waals surface area (Å²) in [5.41, 5.74) is 5.59. The van der Waals surface area contributed by atoms with Crippen LogP contribution in [0.4, 0.5) is 5.69 Å². The zero-order valence-corrected chi connectivity index (χ0v) is 12.3. The first-order valence-corrected chi connectivity index (χ1v) is 6.49. The van der Waals surface area contributed by atoms with Crippen LogP contribution >= 0.6 is 0 Å². The Kier molecular flexibility index (Phi) is 4.83. The van der Waals surface area contributed by atoms with E-state index in [0.717, 1.165) is 0 Å². The van der Waals surface area contributed by atoms with E-state index >= 15 is 0 Å². The third kappa shape index (κ3) is 3.14. The fourth-order valence-corrected chi connectivity index (χ4v) is 1.85. The molecular formula is C14H21N3O3. The maximum Gasteiger partial charge on any atom is 0.282 e. The lowest BCUT2D eigenvalue weighted by Crippen LogP contribution is -2.55. The maximum absolute atomic E-state index is 12.4. The summed E-state index contributed by atoms with van der Waals surface area (Å²) < 4.78 is 0. The lowest BCUT2D eigenvalue weighted by atomic mass is 9.88. The van der Waals surface area contributed by atoms with Crippen molar-refractivity contribution in [2.75, 3.05) is 6.54 Å². The molecule has 0 bridgehead atoms. The Labute approximate surface area is 118 Å². The Morgan fingerprint density at radius 3 is 2.55 bits per heavy atom. The highest BCUT2D eigenvalue weighted by atomic mass is 16.6. The van der Waals surface area contributed by atoms with Gasteiger partial charge in [0.05, 0.1) is 10.5 Å². The van der Waals surface area contributed by atoms with E-state index in [1.807, 2.05) is 20.8 Å². The number of rotatable bonds is 5. The molecule has 1 aromatic rings. The smallest absolute Gasteiger partial charge is 0.282 e. The second-order valence-corrected chi connectivity index (χ2v) is 5.46. The Bertz CT molecular complexity index is 528. The van der Waals surface area contributed by atoms with Crippen molar-refractivity contribution < 1.29 is 9.72 Å². The molecule has 0 aliphatic heterocycles. The van der Waals surface area contributed by atoms with Crippen LogP contribution in [0.1, 0.15) is 36.7 Å². The van der Waals surface area contributed by atoms with Crippen LogP contribution in [0.3, 0.4) is 0 Å². The van der Waals surface area contributed by atoms with Crippen LogP contribution in [0.5, 0.6) is 0 Å². The lowest BCUT2D eigenvalue weighted by molar-refractivity contribution is -0.385.